The number of hydrogen-bond acceptors (Lipinski definition) is 2. The van der Waals surface area contributed by atoms with Crippen LogP contribution in [0.25, 0.3) is 0 Å². The summed E-state index contributed by atoms with van der Waals surface area (Å²) >= 11 is 11.8. The minimum Gasteiger partial charge on any atom is -0.331 e. The number of urea groups is 1. The fourth-order valence-corrected chi connectivity index (χ4v) is 2.00. The fourth-order valence-electron chi connectivity index (χ4n) is 1.66. The van der Waals surface area contributed by atoms with E-state index in [0.29, 0.717) is 15.7 Å². The molecule has 0 saturated carbocycles. The van der Waals surface area contributed by atoms with Crippen molar-refractivity contribution in [2.75, 3.05) is 5.32 Å². The molecular formula is C14H13Cl2N3O. The van der Waals surface area contributed by atoms with Gasteiger partial charge >= 0.3 is 6.03 Å². The molecule has 0 saturated heterocycles. The van der Waals surface area contributed by atoms with Crippen LogP contribution in [0.5, 0.6) is 0 Å². The van der Waals surface area contributed by atoms with Crippen molar-refractivity contribution in [2.45, 2.75) is 13.0 Å². The molecule has 4 nitrogen and oxygen atoms in total. The number of pyridine rings is 1. The minimum absolute atomic E-state index is 0.165. The van der Waals surface area contributed by atoms with Crippen LogP contribution in [0.4, 0.5) is 10.5 Å². The molecule has 2 rings (SSSR count). The van der Waals surface area contributed by atoms with Crippen LogP contribution in [0.15, 0.2) is 42.7 Å². The zero-order chi connectivity index (χ0) is 14.5. The van der Waals surface area contributed by atoms with Gasteiger partial charge in [-0.25, -0.2) is 4.79 Å². The fraction of sp³-hybridized carbons (Fsp3) is 0.143. The van der Waals surface area contributed by atoms with E-state index in [1.807, 2.05) is 19.1 Å². The SMILES string of the molecule is C[C@@H](NC(=O)Nc1cc(Cl)ccc1Cl)c1cccnc1. The third-order valence-corrected chi connectivity index (χ3v) is 3.27. The Labute approximate surface area is 127 Å². The Hall–Kier alpha value is -1.78. The lowest BCUT2D eigenvalue weighted by molar-refractivity contribution is 0.249. The number of rotatable bonds is 3. The van der Waals surface area contributed by atoms with Crippen LogP contribution < -0.4 is 10.6 Å². The highest BCUT2D eigenvalue weighted by atomic mass is 35.5. The Balaban J connectivity index is 2.01. The van der Waals surface area contributed by atoms with Crippen LogP contribution in [-0.4, -0.2) is 11.0 Å². The molecule has 0 aliphatic carbocycles. The van der Waals surface area contributed by atoms with Crippen molar-refractivity contribution in [3.8, 4) is 0 Å². The zero-order valence-electron chi connectivity index (χ0n) is 10.7. The summed E-state index contributed by atoms with van der Waals surface area (Å²) < 4.78 is 0. The Kier molecular flexibility index (Phi) is 4.82. The van der Waals surface area contributed by atoms with Gasteiger partial charge in [0.2, 0.25) is 0 Å². The first-order valence-corrected chi connectivity index (χ1v) is 6.74. The number of aromatic nitrogens is 1. The summed E-state index contributed by atoms with van der Waals surface area (Å²) in [7, 11) is 0. The first kappa shape index (κ1) is 14.6. The van der Waals surface area contributed by atoms with Crippen LogP contribution in [0, 0.1) is 0 Å². The van der Waals surface area contributed by atoms with Crippen molar-refractivity contribution in [3.05, 3.63) is 58.3 Å². The molecule has 1 aromatic heterocycles. The van der Waals surface area contributed by atoms with Gasteiger partial charge in [-0.15, -0.1) is 0 Å². The number of halogens is 2. The van der Waals surface area contributed by atoms with Crippen LogP contribution in [0.3, 0.4) is 0 Å². The van der Waals surface area contributed by atoms with Gasteiger partial charge in [-0.2, -0.15) is 0 Å². The molecule has 2 amide bonds. The van der Waals surface area contributed by atoms with Gasteiger partial charge in [-0.1, -0.05) is 29.3 Å². The van der Waals surface area contributed by atoms with E-state index in [-0.39, 0.29) is 12.1 Å². The summed E-state index contributed by atoms with van der Waals surface area (Å²) in [4.78, 5) is 15.9. The maximum Gasteiger partial charge on any atom is 0.319 e. The Bertz CT molecular complexity index is 605. The van der Waals surface area contributed by atoms with Gasteiger partial charge in [0.15, 0.2) is 0 Å². The molecule has 6 heteroatoms. The van der Waals surface area contributed by atoms with E-state index < -0.39 is 0 Å². The van der Waals surface area contributed by atoms with Gasteiger partial charge in [0.25, 0.3) is 0 Å². The lowest BCUT2D eigenvalue weighted by Crippen LogP contribution is -2.31. The highest BCUT2D eigenvalue weighted by molar-refractivity contribution is 6.35. The van der Waals surface area contributed by atoms with Crippen LogP contribution >= 0.6 is 23.2 Å². The quantitative estimate of drug-likeness (QED) is 0.889. The number of benzene rings is 1. The highest BCUT2D eigenvalue weighted by Gasteiger charge is 2.11. The van der Waals surface area contributed by atoms with Crippen LogP contribution in [0.2, 0.25) is 10.0 Å². The second-order valence-electron chi connectivity index (χ2n) is 4.23. The second-order valence-corrected chi connectivity index (χ2v) is 5.07. The number of hydrogen-bond donors (Lipinski definition) is 2. The van der Waals surface area contributed by atoms with Crippen molar-refractivity contribution in [1.82, 2.24) is 10.3 Å². The smallest absolute Gasteiger partial charge is 0.319 e. The van der Waals surface area contributed by atoms with E-state index in [1.165, 1.54) is 0 Å². The largest absolute Gasteiger partial charge is 0.331 e. The molecule has 0 bridgehead atoms. The Morgan fingerprint density at radius 3 is 2.80 bits per heavy atom. The Morgan fingerprint density at radius 2 is 2.10 bits per heavy atom. The topological polar surface area (TPSA) is 54.0 Å². The number of carbonyl (C=O) groups excluding carboxylic acids is 1. The van der Waals surface area contributed by atoms with Gasteiger partial charge in [0.05, 0.1) is 16.8 Å². The lowest BCUT2D eigenvalue weighted by Gasteiger charge is -2.15. The van der Waals surface area contributed by atoms with Crippen molar-refractivity contribution in [3.63, 3.8) is 0 Å². The van der Waals surface area contributed by atoms with Gasteiger partial charge in [-0.3, -0.25) is 4.98 Å². The molecule has 1 atom stereocenters. The highest BCUT2D eigenvalue weighted by Crippen LogP contribution is 2.25. The zero-order valence-corrected chi connectivity index (χ0v) is 12.2. The van der Waals surface area contributed by atoms with Gasteiger partial charge in [0.1, 0.15) is 0 Å². The normalized spacial score (nSPS) is 11.8. The van der Waals surface area contributed by atoms with E-state index in [2.05, 4.69) is 15.6 Å². The minimum atomic E-state index is -0.356. The average Bonchev–Trinajstić information content (AvgIpc) is 2.43. The van der Waals surface area contributed by atoms with E-state index in [1.54, 1.807) is 30.6 Å². The van der Waals surface area contributed by atoms with Gasteiger partial charge < -0.3 is 10.6 Å². The molecule has 2 N–H and O–H groups in total. The second kappa shape index (κ2) is 6.59. The predicted molar refractivity (Wildman–Crippen MR) is 81.3 cm³/mol. The van der Waals surface area contributed by atoms with Crippen LogP contribution in [-0.2, 0) is 0 Å². The third kappa shape index (κ3) is 3.85. The molecule has 0 unspecified atom stereocenters. The summed E-state index contributed by atoms with van der Waals surface area (Å²) in [5.41, 5.74) is 1.38. The lowest BCUT2D eigenvalue weighted by atomic mass is 10.1. The predicted octanol–water partition coefficient (Wildman–Crippen LogP) is 4.27. The maximum absolute atomic E-state index is 11.9. The average molecular weight is 310 g/mol. The third-order valence-electron chi connectivity index (χ3n) is 2.71. The van der Waals surface area contributed by atoms with Crippen molar-refractivity contribution < 1.29 is 4.79 Å². The van der Waals surface area contributed by atoms with Gasteiger partial charge in [-0.05, 0) is 36.8 Å². The van der Waals surface area contributed by atoms with Gasteiger partial charge in [0, 0.05) is 17.4 Å². The number of nitrogens with zero attached hydrogens (tertiary/aromatic N) is 1. The molecule has 0 spiro atoms. The van der Waals surface area contributed by atoms with Crippen molar-refractivity contribution in [2.24, 2.45) is 0 Å². The molecule has 0 radical (unpaired) electrons. The number of carbonyl (C=O) groups is 1. The molecular weight excluding hydrogens is 297 g/mol. The number of amides is 2. The van der Waals surface area contributed by atoms with Crippen LogP contribution in [0.1, 0.15) is 18.5 Å². The molecule has 20 heavy (non-hydrogen) atoms. The Morgan fingerprint density at radius 1 is 1.30 bits per heavy atom. The monoisotopic (exact) mass is 309 g/mol. The molecule has 1 aromatic carbocycles. The van der Waals surface area contributed by atoms with E-state index in [4.69, 9.17) is 23.2 Å². The summed E-state index contributed by atoms with van der Waals surface area (Å²) in [5.74, 6) is 0. The summed E-state index contributed by atoms with van der Waals surface area (Å²) in [6.45, 7) is 1.87. The van der Waals surface area contributed by atoms with E-state index >= 15 is 0 Å². The number of anilines is 1. The summed E-state index contributed by atoms with van der Waals surface area (Å²) in [6, 6.07) is 8.07. The van der Waals surface area contributed by atoms with Crippen molar-refractivity contribution >= 4 is 34.9 Å². The molecule has 0 fully saturated rings. The van der Waals surface area contributed by atoms with Crippen molar-refractivity contribution in [1.29, 1.82) is 0 Å². The molecule has 104 valence electrons. The summed E-state index contributed by atoms with van der Waals surface area (Å²) in [6.07, 6.45) is 3.39. The number of nitrogens with one attached hydrogen (secondary N) is 2. The maximum atomic E-state index is 11.9. The first-order chi connectivity index (χ1) is 9.56. The standard InChI is InChI=1S/C14H13Cl2N3O/c1-9(10-3-2-6-17-8-10)18-14(20)19-13-7-11(15)4-5-12(13)16/h2-9H,1H3,(H2,18,19,20)/t9-/m1/s1. The summed E-state index contributed by atoms with van der Waals surface area (Å²) in [5, 5.41) is 6.40. The molecule has 1 heterocycles. The van der Waals surface area contributed by atoms with E-state index in [0.717, 1.165) is 5.56 Å². The van der Waals surface area contributed by atoms with E-state index in [9.17, 15) is 4.79 Å². The molecule has 0 aliphatic rings. The molecule has 0 aliphatic heterocycles. The molecule has 2 aromatic rings. The first-order valence-electron chi connectivity index (χ1n) is 5.99.